The molecule has 0 spiro atoms. The Morgan fingerprint density at radius 1 is 1.30 bits per heavy atom. The van der Waals surface area contributed by atoms with Gasteiger partial charge in [0.25, 0.3) is 0 Å². The molecule has 8 heteroatoms. The van der Waals surface area contributed by atoms with Gasteiger partial charge < -0.3 is 15.3 Å². The number of amides is 2. The van der Waals surface area contributed by atoms with Crippen LogP contribution in [0.1, 0.15) is 33.4 Å². The summed E-state index contributed by atoms with van der Waals surface area (Å²) in [4.78, 5) is 40.3. The summed E-state index contributed by atoms with van der Waals surface area (Å²) in [5.41, 5.74) is 0.526. The van der Waals surface area contributed by atoms with Gasteiger partial charge in [0.2, 0.25) is 11.8 Å². The Bertz CT molecular complexity index is 569. The summed E-state index contributed by atoms with van der Waals surface area (Å²) in [6, 6.07) is 0. The molecule has 0 saturated heterocycles. The first-order chi connectivity index (χ1) is 10.7. The van der Waals surface area contributed by atoms with Crippen molar-refractivity contribution in [3.8, 4) is 0 Å². The van der Waals surface area contributed by atoms with E-state index in [-0.39, 0.29) is 36.6 Å². The summed E-state index contributed by atoms with van der Waals surface area (Å²) in [5, 5.41) is 13.7. The number of hydrogen-bond acceptors (Lipinski definition) is 5. The fraction of sp³-hybridized carbons (Fsp3) is 0.600. The average molecular weight is 341 g/mol. The van der Waals surface area contributed by atoms with E-state index in [1.165, 1.54) is 16.2 Å². The number of rotatable bonds is 8. The van der Waals surface area contributed by atoms with Crippen LogP contribution in [0.2, 0.25) is 0 Å². The predicted octanol–water partition coefficient (Wildman–Crippen LogP) is 1.85. The lowest BCUT2D eigenvalue weighted by Crippen LogP contribution is -2.39. The highest BCUT2D eigenvalue weighted by Gasteiger charge is 2.19. The molecule has 1 aromatic rings. The molecule has 0 atom stereocenters. The highest BCUT2D eigenvalue weighted by atomic mass is 32.1. The SMILES string of the molecule is CC(C)CN(CC(=O)O)C(=O)Cc1csc(NC(=O)C(C)C)n1. The Labute approximate surface area is 139 Å². The second-order valence-corrected chi connectivity index (χ2v) is 6.88. The van der Waals surface area contributed by atoms with Crippen molar-refractivity contribution in [2.45, 2.75) is 34.1 Å². The van der Waals surface area contributed by atoms with Crippen LogP contribution < -0.4 is 5.32 Å². The molecule has 0 aliphatic carbocycles. The van der Waals surface area contributed by atoms with E-state index >= 15 is 0 Å². The quantitative estimate of drug-likeness (QED) is 0.752. The summed E-state index contributed by atoms with van der Waals surface area (Å²) in [7, 11) is 0. The van der Waals surface area contributed by atoms with Crippen molar-refractivity contribution in [1.82, 2.24) is 9.88 Å². The van der Waals surface area contributed by atoms with E-state index in [1.54, 1.807) is 19.2 Å². The highest BCUT2D eigenvalue weighted by molar-refractivity contribution is 7.13. The van der Waals surface area contributed by atoms with Gasteiger partial charge in [0, 0.05) is 17.8 Å². The average Bonchev–Trinajstić information content (AvgIpc) is 2.83. The molecule has 7 nitrogen and oxygen atoms in total. The van der Waals surface area contributed by atoms with E-state index in [2.05, 4.69) is 10.3 Å². The number of nitrogens with zero attached hydrogens (tertiary/aromatic N) is 2. The lowest BCUT2D eigenvalue weighted by molar-refractivity contribution is -0.144. The van der Waals surface area contributed by atoms with Gasteiger partial charge in [0.05, 0.1) is 12.1 Å². The van der Waals surface area contributed by atoms with Gasteiger partial charge in [-0.1, -0.05) is 27.7 Å². The highest BCUT2D eigenvalue weighted by Crippen LogP contribution is 2.17. The van der Waals surface area contributed by atoms with E-state index in [9.17, 15) is 14.4 Å². The summed E-state index contributed by atoms with van der Waals surface area (Å²) in [6.07, 6.45) is 0.0219. The minimum Gasteiger partial charge on any atom is -0.480 e. The second kappa shape index (κ2) is 8.61. The zero-order chi connectivity index (χ0) is 17.6. The van der Waals surface area contributed by atoms with Gasteiger partial charge in [-0.3, -0.25) is 14.4 Å². The number of anilines is 1. The molecule has 2 N–H and O–H groups in total. The minimum absolute atomic E-state index is 0.0219. The first-order valence-corrected chi connectivity index (χ1v) is 8.31. The number of aromatic nitrogens is 1. The van der Waals surface area contributed by atoms with Crippen LogP contribution in [-0.2, 0) is 20.8 Å². The molecule has 128 valence electrons. The van der Waals surface area contributed by atoms with Crippen LogP contribution >= 0.6 is 11.3 Å². The van der Waals surface area contributed by atoms with E-state index < -0.39 is 5.97 Å². The summed E-state index contributed by atoms with van der Waals surface area (Å²) in [5.74, 6) is -1.43. The molecule has 0 aromatic carbocycles. The van der Waals surface area contributed by atoms with Crippen molar-refractivity contribution in [2.24, 2.45) is 11.8 Å². The van der Waals surface area contributed by atoms with Gasteiger partial charge in [-0.15, -0.1) is 11.3 Å². The fourth-order valence-electron chi connectivity index (χ4n) is 1.82. The first kappa shape index (κ1) is 19.1. The lowest BCUT2D eigenvalue weighted by Gasteiger charge is -2.22. The molecule has 1 rings (SSSR count). The maximum absolute atomic E-state index is 12.3. The number of thiazole rings is 1. The molecule has 0 saturated carbocycles. The Morgan fingerprint density at radius 2 is 1.96 bits per heavy atom. The zero-order valence-electron chi connectivity index (χ0n) is 13.8. The largest absolute Gasteiger partial charge is 0.480 e. The van der Waals surface area contributed by atoms with Crippen LogP contribution in [0.15, 0.2) is 5.38 Å². The number of aliphatic carboxylic acids is 1. The number of carbonyl (C=O) groups is 3. The lowest BCUT2D eigenvalue weighted by atomic mass is 10.2. The smallest absolute Gasteiger partial charge is 0.323 e. The normalized spacial score (nSPS) is 10.9. The van der Waals surface area contributed by atoms with E-state index in [4.69, 9.17) is 5.11 Å². The molecule has 0 radical (unpaired) electrons. The van der Waals surface area contributed by atoms with Crippen molar-refractivity contribution in [3.63, 3.8) is 0 Å². The first-order valence-electron chi connectivity index (χ1n) is 7.43. The molecule has 0 aliphatic rings. The van der Waals surface area contributed by atoms with Crippen molar-refractivity contribution in [1.29, 1.82) is 0 Å². The molecule has 0 bridgehead atoms. The van der Waals surface area contributed by atoms with Crippen LogP contribution in [0.25, 0.3) is 0 Å². The number of carbonyl (C=O) groups excluding carboxylic acids is 2. The van der Waals surface area contributed by atoms with Gasteiger partial charge >= 0.3 is 5.97 Å². The van der Waals surface area contributed by atoms with Crippen molar-refractivity contribution < 1.29 is 19.5 Å². The maximum atomic E-state index is 12.3. The second-order valence-electron chi connectivity index (χ2n) is 6.03. The third-order valence-corrected chi connectivity index (χ3v) is 3.71. The Balaban J connectivity index is 2.69. The zero-order valence-corrected chi connectivity index (χ0v) is 14.6. The molecule has 0 fully saturated rings. The van der Waals surface area contributed by atoms with Crippen LogP contribution in [0.4, 0.5) is 5.13 Å². The minimum atomic E-state index is -1.04. The number of nitrogens with one attached hydrogen (secondary N) is 1. The predicted molar refractivity (Wildman–Crippen MR) is 88.3 cm³/mol. The van der Waals surface area contributed by atoms with Gasteiger partial charge in [-0.2, -0.15) is 0 Å². The molecule has 2 amide bonds. The molecule has 1 heterocycles. The van der Waals surface area contributed by atoms with Crippen molar-refractivity contribution in [3.05, 3.63) is 11.1 Å². The van der Waals surface area contributed by atoms with Crippen LogP contribution in [0.5, 0.6) is 0 Å². The maximum Gasteiger partial charge on any atom is 0.323 e. The van der Waals surface area contributed by atoms with Crippen LogP contribution in [0, 0.1) is 11.8 Å². The van der Waals surface area contributed by atoms with Crippen LogP contribution in [-0.4, -0.2) is 45.9 Å². The van der Waals surface area contributed by atoms with E-state index in [0.29, 0.717) is 17.4 Å². The summed E-state index contributed by atoms with van der Waals surface area (Å²) < 4.78 is 0. The molecule has 23 heavy (non-hydrogen) atoms. The van der Waals surface area contributed by atoms with E-state index in [1.807, 2.05) is 13.8 Å². The Morgan fingerprint density at radius 3 is 2.48 bits per heavy atom. The van der Waals surface area contributed by atoms with Crippen molar-refractivity contribution in [2.75, 3.05) is 18.4 Å². The third kappa shape index (κ3) is 6.77. The number of carboxylic acids is 1. The summed E-state index contributed by atoms with van der Waals surface area (Å²) >= 11 is 1.25. The van der Waals surface area contributed by atoms with E-state index in [0.717, 1.165) is 0 Å². The molecular weight excluding hydrogens is 318 g/mol. The Kier molecular flexibility index (Phi) is 7.15. The molecule has 0 aliphatic heterocycles. The standard InChI is InChI=1S/C15H23N3O4S/c1-9(2)6-18(7-13(20)21)12(19)5-11-8-23-15(16-11)17-14(22)10(3)4/h8-10H,5-7H2,1-4H3,(H,20,21)(H,16,17,22). The fourth-order valence-corrected chi connectivity index (χ4v) is 2.53. The van der Waals surface area contributed by atoms with Gasteiger partial charge in [0.1, 0.15) is 6.54 Å². The third-order valence-electron chi connectivity index (χ3n) is 2.90. The van der Waals surface area contributed by atoms with Gasteiger partial charge in [0.15, 0.2) is 5.13 Å². The van der Waals surface area contributed by atoms with Gasteiger partial charge in [-0.25, -0.2) is 4.98 Å². The number of carboxylic acid groups (broad SMARTS) is 1. The van der Waals surface area contributed by atoms with Crippen molar-refractivity contribution >= 4 is 34.3 Å². The van der Waals surface area contributed by atoms with Gasteiger partial charge in [-0.05, 0) is 5.92 Å². The summed E-state index contributed by atoms with van der Waals surface area (Å²) in [6.45, 7) is 7.46. The molecule has 1 aromatic heterocycles. The Hall–Kier alpha value is -1.96. The number of hydrogen-bond donors (Lipinski definition) is 2. The van der Waals surface area contributed by atoms with Crippen LogP contribution in [0.3, 0.4) is 0 Å². The molecular formula is C15H23N3O4S. The topological polar surface area (TPSA) is 99.6 Å². The monoisotopic (exact) mass is 341 g/mol. The molecule has 0 unspecified atom stereocenters.